The van der Waals surface area contributed by atoms with Crippen LogP contribution >= 0.6 is 0 Å². The molecule has 1 amide bonds. The van der Waals surface area contributed by atoms with E-state index >= 15 is 0 Å². The Morgan fingerprint density at radius 3 is 2.78 bits per heavy atom. The molecular formula is C21H19N5O. The van der Waals surface area contributed by atoms with Crippen LogP contribution in [0.4, 0.5) is 0 Å². The number of rotatable bonds is 5. The topological polar surface area (TPSA) is 72.7 Å². The Labute approximate surface area is 156 Å². The smallest absolute Gasteiger partial charge is 0.251 e. The zero-order chi connectivity index (χ0) is 18.6. The van der Waals surface area contributed by atoms with Crippen LogP contribution in [0.15, 0.2) is 72.9 Å². The number of nitrogens with one attached hydrogen (secondary N) is 1. The highest BCUT2D eigenvalue weighted by Gasteiger charge is 2.12. The molecule has 0 radical (unpaired) electrons. The van der Waals surface area contributed by atoms with Gasteiger partial charge in [0.15, 0.2) is 5.65 Å². The minimum absolute atomic E-state index is 0.114. The third-order valence-electron chi connectivity index (χ3n) is 4.50. The van der Waals surface area contributed by atoms with Crippen LogP contribution in [0.2, 0.25) is 0 Å². The third-order valence-corrected chi connectivity index (χ3v) is 4.50. The number of hydrogen-bond acceptors (Lipinski definition) is 4. The normalized spacial score (nSPS) is 12.0. The van der Waals surface area contributed by atoms with Gasteiger partial charge in [0.1, 0.15) is 5.52 Å². The second kappa shape index (κ2) is 7.37. The summed E-state index contributed by atoms with van der Waals surface area (Å²) in [4.78, 5) is 16.9. The lowest BCUT2D eigenvalue weighted by Gasteiger charge is -2.13. The molecule has 6 heteroatoms. The van der Waals surface area contributed by atoms with Gasteiger partial charge in [-0.05, 0) is 41.8 Å². The van der Waals surface area contributed by atoms with E-state index in [4.69, 9.17) is 0 Å². The van der Waals surface area contributed by atoms with Crippen LogP contribution in [-0.4, -0.2) is 32.4 Å². The van der Waals surface area contributed by atoms with Gasteiger partial charge in [-0.3, -0.25) is 4.79 Å². The largest absolute Gasteiger partial charge is 0.351 e. The molecular weight excluding hydrogens is 338 g/mol. The molecule has 1 unspecified atom stereocenters. The number of pyridine rings is 1. The molecule has 0 aliphatic carbocycles. The minimum atomic E-state index is -0.114. The summed E-state index contributed by atoms with van der Waals surface area (Å²) in [5.41, 5.74) is 3.90. The summed E-state index contributed by atoms with van der Waals surface area (Å²) in [6, 6.07) is 21.1. The number of carbonyl (C=O) groups is 1. The Bertz CT molecular complexity index is 1070. The Balaban J connectivity index is 1.51. The minimum Gasteiger partial charge on any atom is -0.351 e. The van der Waals surface area contributed by atoms with E-state index in [9.17, 15) is 4.79 Å². The van der Waals surface area contributed by atoms with Crippen molar-refractivity contribution >= 4 is 17.1 Å². The number of fused-ring (bicyclic) bond motifs is 1. The van der Waals surface area contributed by atoms with Crippen molar-refractivity contribution in [1.29, 1.82) is 0 Å². The highest BCUT2D eigenvalue weighted by molar-refractivity contribution is 5.94. The summed E-state index contributed by atoms with van der Waals surface area (Å²) in [6.07, 6.45) is 1.70. The van der Waals surface area contributed by atoms with Crippen molar-refractivity contribution in [2.24, 2.45) is 0 Å². The van der Waals surface area contributed by atoms with E-state index in [0.29, 0.717) is 23.3 Å². The standard InChI is InChI=1S/C21H19N5O/c1-15(16-7-3-2-4-8-16)14-23-21(27)17-9-5-10-18(13-17)26-20-19(24-25-26)11-6-12-22-20/h2-13,15H,14H2,1H3,(H,23,27). The first kappa shape index (κ1) is 16.9. The van der Waals surface area contributed by atoms with Crippen molar-refractivity contribution in [2.75, 3.05) is 6.54 Å². The van der Waals surface area contributed by atoms with Crippen LogP contribution in [0.3, 0.4) is 0 Å². The van der Waals surface area contributed by atoms with Crippen LogP contribution in [0.5, 0.6) is 0 Å². The number of carbonyl (C=O) groups excluding carboxylic acids is 1. The van der Waals surface area contributed by atoms with E-state index in [0.717, 1.165) is 5.69 Å². The monoisotopic (exact) mass is 357 g/mol. The van der Waals surface area contributed by atoms with Gasteiger partial charge in [0.05, 0.1) is 5.69 Å². The van der Waals surface area contributed by atoms with Crippen LogP contribution in [-0.2, 0) is 0 Å². The van der Waals surface area contributed by atoms with Gasteiger partial charge in [-0.1, -0.05) is 48.5 Å². The van der Waals surface area contributed by atoms with Crippen molar-refractivity contribution < 1.29 is 4.79 Å². The van der Waals surface area contributed by atoms with Gasteiger partial charge in [-0.25, -0.2) is 4.98 Å². The molecule has 0 saturated heterocycles. The van der Waals surface area contributed by atoms with Crippen molar-refractivity contribution in [3.8, 4) is 5.69 Å². The molecule has 6 nitrogen and oxygen atoms in total. The van der Waals surface area contributed by atoms with Crippen molar-refractivity contribution in [3.63, 3.8) is 0 Å². The Morgan fingerprint density at radius 1 is 1.07 bits per heavy atom. The van der Waals surface area contributed by atoms with Crippen LogP contribution in [0.1, 0.15) is 28.8 Å². The van der Waals surface area contributed by atoms with Gasteiger partial charge in [0, 0.05) is 18.3 Å². The maximum Gasteiger partial charge on any atom is 0.251 e. The quantitative estimate of drug-likeness (QED) is 0.594. The third kappa shape index (κ3) is 3.55. The fraction of sp³-hybridized carbons (Fsp3) is 0.143. The molecule has 1 atom stereocenters. The summed E-state index contributed by atoms with van der Waals surface area (Å²) in [5.74, 6) is 0.124. The Kier molecular flexibility index (Phi) is 4.61. The molecule has 27 heavy (non-hydrogen) atoms. The van der Waals surface area contributed by atoms with Crippen molar-refractivity contribution in [1.82, 2.24) is 25.3 Å². The molecule has 134 valence electrons. The molecule has 1 N–H and O–H groups in total. The summed E-state index contributed by atoms with van der Waals surface area (Å²) in [6.45, 7) is 2.67. The lowest BCUT2D eigenvalue weighted by atomic mass is 10.0. The summed E-state index contributed by atoms with van der Waals surface area (Å²) >= 11 is 0. The molecule has 0 bridgehead atoms. The highest BCUT2D eigenvalue weighted by atomic mass is 16.1. The fourth-order valence-corrected chi connectivity index (χ4v) is 2.97. The average Bonchev–Trinajstić information content (AvgIpc) is 3.16. The number of benzene rings is 2. The van der Waals surface area contributed by atoms with E-state index in [-0.39, 0.29) is 11.8 Å². The van der Waals surface area contributed by atoms with Gasteiger partial charge in [0.25, 0.3) is 5.91 Å². The molecule has 2 aromatic heterocycles. The number of amides is 1. The fourth-order valence-electron chi connectivity index (χ4n) is 2.97. The summed E-state index contributed by atoms with van der Waals surface area (Å²) < 4.78 is 1.64. The Hall–Kier alpha value is -3.54. The molecule has 0 aliphatic heterocycles. The van der Waals surface area contributed by atoms with Crippen LogP contribution in [0.25, 0.3) is 16.9 Å². The van der Waals surface area contributed by atoms with E-state index in [1.807, 2.05) is 42.5 Å². The lowest BCUT2D eigenvalue weighted by Crippen LogP contribution is -2.27. The summed E-state index contributed by atoms with van der Waals surface area (Å²) in [5, 5.41) is 11.3. The molecule has 0 aliphatic rings. The maximum absolute atomic E-state index is 12.6. The van der Waals surface area contributed by atoms with Crippen molar-refractivity contribution in [3.05, 3.63) is 84.1 Å². The van der Waals surface area contributed by atoms with E-state index in [1.165, 1.54) is 5.56 Å². The zero-order valence-electron chi connectivity index (χ0n) is 14.9. The lowest BCUT2D eigenvalue weighted by molar-refractivity contribution is 0.0951. The van der Waals surface area contributed by atoms with E-state index in [2.05, 4.69) is 39.7 Å². The van der Waals surface area contributed by atoms with E-state index < -0.39 is 0 Å². The first-order valence-electron chi connectivity index (χ1n) is 8.82. The van der Waals surface area contributed by atoms with Gasteiger partial charge < -0.3 is 5.32 Å². The SMILES string of the molecule is CC(CNC(=O)c1cccc(-n2nnc3cccnc32)c1)c1ccccc1. The van der Waals surface area contributed by atoms with Crippen LogP contribution in [0, 0.1) is 0 Å². The second-order valence-electron chi connectivity index (χ2n) is 6.42. The van der Waals surface area contributed by atoms with Gasteiger partial charge in [-0.2, -0.15) is 4.68 Å². The first-order valence-corrected chi connectivity index (χ1v) is 8.82. The molecule has 0 fully saturated rings. The maximum atomic E-state index is 12.6. The highest BCUT2D eigenvalue weighted by Crippen LogP contribution is 2.16. The molecule has 4 rings (SSSR count). The predicted molar refractivity (Wildman–Crippen MR) is 104 cm³/mol. The second-order valence-corrected chi connectivity index (χ2v) is 6.42. The number of aromatic nitrogens is 4. The van der Waals surface area contributed by atoms with Gasteiger partial charge >= 0.3 is 0 Å². The van der Waals surface area contributed by atoms with Gasteiger partial charge in [0.2, 0.25) is 0 Å². The van der Waals surface area contributed by atoms with Crippen LogP contribution < -0.4 is 5.32 Å². The molecule has 4 aromatic rings. The molecule has 0 spiro atoms. The zero-order valence-corrected chi connectivity index (χ0v) is 14.9. The van der Waals surface area contributed by atoms with Gasteiger partial charge in [-0.15, -0.1) is 5.10 Å². The summed E-state index contributed by atoms with van der Waals surface area (Å²) in [7, 11) is 0. The van der Waals surface area contributed by atoms with Crippen molar-refractivity contribution in [2.45, 2.75) is 12.8 Å². The first-order chi connectivity index (χ1) is 13.2. The number of nitrogens with zero attached hydrogens (tertiary/aromatic N) is 4. The average molecular weight is 357 g/mol. The Morgan fingerprint density at radius 2 is 1.93 bits per heavy atom. The van der Waals surface area contributed by atoms with E-state index in [1.54, 1.807) is 23.0 Å². The molecule has 2 aromatic carbocycles. The molecule has 0 saturated carbocycles. The predicted octanol–water partition coefficient (Wildman–Crippen LogP) is 3.35. The number of hydrogen-bond donors (Lipinski definition) is 1. The molecule has 2 heterocycles.